The molecule has 0 fully saturated rings. The Hall–Kier alpha value is -3.34. The van der Waals surface area contributed by atoms with E-state index in [1.54, 1.807) is 12.3 Å². The number of pyridine rings is 1. The highest BCUT2D eigenvalue weighted by atomic mass is 16.6. The summed E-state index contributed by atoms with van der Waals surface area (Å²) in [5, 5.41) is 2.99. The Balaban J connectivity index is 1.64. The third-order valence-corrected chi connectivity index (χ3v) is 4.47. The highest BCUT2D eigenvalue weighted by Crippen LogP contribution is 2.33. The van der Waals surface area contributed by atoms with E-state index < -0.39 is 5.92 Å². The Kier molecular flexibility index (Phi) is 4.75. The number of rotatable bonds is 4. The van der Waals surface area contributed by atoms with E-state index in [0.717, 1.165) is 11.1 Å². The molecule has 1 amide bonds. The van der Waals surface area contributed by atoms with Crippen molar-refractivity contribution in [3.8, 4) is 11.5 Å². The summed E-state index contributed by atoms with van der Waals surface area (Å²) in [5.41, 5.74) is 3.41. The lowest BCUT2D eigenvalue weighted by atomic mass is 9.93. The lowest BCUT2D eigenvalue weighted by Gasteiger charge is -2.20. The van der Waals surface area contributed by atoms with E-state index in [9.17, 15) is 4.79 Å². The van der Waals surface area contributed by atoms with E-state index >= 15 is 0 Å². The largest absolute Gasteiger partial charge is 0.486 e. The summed E-state index contributed by atoms with van der Waals surface area (Å²) in [6, 6.07) is 19.0. The Bertz CT molecular complexity index is 940. The minimum Gasteiger partial charge on any atom is -0.486 e. The molecule has 136 valence electrons. The number of carbonyl (C=O) groups is 1. The van der Waals surface area contributed by atoms with E-state index in [1.165, 1.54) is 0 Å². The fourth-order valence-corrected chi connectivity index (χ4v) is 3.10. The van der Waals surface area contributed by atoms with Gasteiger partial charge in [-0.05, 0) is 36.8 Å². The highest BCUT2D eigenvalue weighted by Gasteiger charge is 2.24. The first-order chi connectivity index (χ1) is 13.2. The summed E-state index contributed by atoms with van der Waals surface area (Å²) in [7, 11) is 0. The maximum Gasteiger partial charge on any atom is 0.237 e. The fourth-order valence-electron chi connectivity index (χ4n) is 3.10. The molecule has 5 nitrogen and oxygen atoms in total. The van der Waals surface area contributed by atoms with Gasteiger partial charge >= 0.3 is 0 Å². The van der Waals surface area contributed by atoms with Gasteiger partial charge in [-0.2, -0.15) is 0 Å². The lowest BCUT2D eigenvalue weighted by molar-refractivity contribution is -0.116. The molecule has 27 heavy (non-hydrogen) atoms. The number of fused-ring (bicyclic) bond motifs is 1. The van der Waals surface area contributed by atoms with Crippen LogP contribution in [0.5, 0.6) is 11.5 Å². The fraction of sp³-hybridized carbons (Fsp3) is 0.182. The second-order valence-electron chi connectivity index (χ2n) is 6.45. The summed E-state index contributed by atoms with van der Waals surface area (Å²) < 4.78 is 11.1. The van der Waals surface area contributed by atoms with Crippen LogP contribution >= 0.6 is 0 Å². The molecule has 1 atom stereocenters. The summed E-state index contributed by atoms with van der Waals surface area (Å²) in [5.74, 6) is 0.692. The van der Waals surface area contributed by atoms with Crippen LogP contribution in [0.4, 0.5) is 5.69 Å². The first kappa shape index (κ1) is 17.1. The number of aryl methyl sites for hydroxylation is 1. The third kappa shape index (κ3) is 3.77. The maximum absolute atomic E-state index is 13.1. The Morgan fingerprint density at radius 2 is 1.78 bits per heavy atom. The number of ether oxygens (including phenoxy) is 2. The molecule has 1 aromatic heterocycles. The predicted molar refractivity (Wildman–Crippen MR) is 103 cm³/mol. The van der Waals surface area contributed by atoms with Gasteiger partial charge in [-0.15, -0.1) is 0 Å². The molecule has 5 heteroatoms. The Morgan fingerprint density at radius 1 is 1.00 bits per heavy atom. The third-order valence-electron chi connectivity index (χ3n) is 4.47. The van der Waals surface area contributed by atoms with Crippen molar-refractivity contribution in [2.75, 3.05) is 18.5 Å². The number of hydrogen-bond acceptors (Lipinski definition) is 4. The average Bonchev–Trinajstić information content (AvgIpc) is 2.70. The molecule has 0 spiro atoms. The number of benzene rings is 2. The van der Waals surface area contributed by atoms with Crippen LogP contribution in [-0.2, 0) is 4.79 Å². The zero-order valence-electron chi connectivity index (χ0n) is 15.0. The highest BCUT2D eigenvalue weighted by molar-refractivity contribution is 5.98. The minimum atomic E-state index is -0.500. The SMILES string of the molecule is Cc1ccc(C(C(=O)Nc2ccc3c(c2)OCCO3)c2ccccn2)cc1. The number of aromatic nitrogens is 1. The molecule has 0 saturated heterocycles. The van der Waals surface area contributed by atoms with Crippen LogP contribution in [0, 0.1) is 6.92 Å². The molecule has 4 rings (SSSR count). The predicted octanol–water partition coefficient (Wildman–Crippen LogP) is 3.93. The summed E-state index contributed by atoms with van der Waals surface area (Å²) >= 11 is 0. The topological polar surface area (TPSA) is 60.5 Å². The van der Waals surface area contributed by atoms with Crippen LogP contribution in [0.2, 0.25) is 0 Å². The van der Waals surface area contributed by atoms with Crippen LogP contribution in [0.3, 0.4) is 0 Å². The standard InChI is InChI=1S/C22H20N2O3/c1-15-5-7-16(8-6-15)21(18-4-2-3-11-23-18)22(25)24-17-9-10-19-20(14-17)27-13-12-26-19/h2-11,14,21H,12-13H2,1H3,(H,24,25). The van der Waals surface area contributed by atoms with Crippen molar-refractivity contribution in [3.05, 3.63) is 83.7 Å². The smallest absolute Gasteiger partial charge is 0.237 e. The van der Waals surface area contributed by atoms with Crippen molar-refractivity contribution < 1.29 is 14.3 Å². The molecule has 2 aromatic carbocycles. The van der Waals surface area contributed by atoms with Gasteiger partial charge in [0.25, 0.3) is 0 Å². The van der Waals surface area contributed by atoms with Crippen LogP contribution in [-0.4, -0.2) is 24.1 Å². The molecule has 0 bridgehead atoms. The van der Waals surface area contributed by atoms with Gasteiger partial charge in [-0.3, -0.25) is 9.78 Å². The number of nitrogens with zero attached hydrogens (tertiary/aromatic N) is 1. The molecule has 2 heterocycles. The van der Waals surface area contributed by atoms with Crippen LogP contribution < -0.4 is 14.8 Å². The Labute approximate surface area is 158 Å². The van der Waals surface area contributed by atoms with Gasteiger partial charge in [-0.1, -0.05) is 35.9 Å². The molecule has 1 aliphatic rings. The summed E-state index contributed by atoms with van der Waals surface area (Å²) in [6.07, 6.45) is 1.70. The summed E-state index contributed by atoms with van der Waals surface area (Å²) in [6.45, 7) is 3.06. The van der Waals surface area contributed by atoms with E-state index in [1.807, 2.05) is 61.5 Å². The first-order valence-electron chi connectivity index (χ1n) is 8.89. The van der Waals surface area contributed by atoms with Crippen molar-refractivity contribution in [1.29, 1.82) is 0 Å². The maximum atomic E-state index is 13.1. The number of amides is 1. The van der Waals surface area contributed by atoms with Gasteiger partial charge in [0.1, 0.15) is 19.1 Å². The lowest BCUT2D eigenvalue weighted by Crippen LogP contribution is -2.23. The summed E-state index contributed by atoms with van der Waals surface area (Å²) in [4.78, 5) is 17.5. The number of hydrogen-bond donors (Lipinski definition) is 1. The minimum absolute atomic E-state index is 0.144. The number of carbonyl (C=O) groups excluding carboxylic acids is 1. The van der Waals surface area contributed by atoms with Crippen molar-refractivity contribution >= 4 is 11.6 Å². The van der Waals surface area contributed by atoms with Gasteiger partial charge in [-0.25, -0.2) is 0 Å². The molecule has 0 saturated carbocycles. The normalized spacial score (nSPS) is 13.7. The first-order valence-corrected chi connectivity index (χ1v) is 8.89. The van der Waals surface area contributed by atoms with Crippen LogP contribution in [0.15, 0.2) is 66.9 Å². The van der Waals surface area contributed by atoms with Crippen molar-refractivity contribution in [2.24, 2.45) is 0 Å². The zero-order chi connectivity index (χ0) is 18.6. The molecular formula is C22H20N2O3. The van der Waals surface area contributed by atoms with E-state index in [-0.39, 0.29) is 5.91 Å². The monoisotopic (exact) mass is 360 g/mol. The molecule has 1 unspecified atom stereocenters. The molecule has 0 aliphatic carbocycles. The van der Waals surface area contributed by atoms with Crippen molar-refractivity contribution in [2.45, 2.75) is 12.8 Å². The zero-order valence-corrected chi connectivity index (χ0v) is 15.0. The van der Waals surface area contributed by atoms with E-state index in [4.69, 9.17) is 9.47 Å². The van der Waals surface area contributed by atoms with Crippen LogP contribution in [0.25, 0.3) is 0 Å². The van der Waals surface area contributed by atoms with Crippen molar-refractivity contribution in [1.82, 2.24) is 4.98 Å². The number of anilines is 1. The molecular weight excluding hydrogens is 340 g/mol. The molecule has 3 aromatic rings. The average molecular weight is 360 g/mol. The van der Waals surface area contributed by atoms with Gasteiger partial charge in [0, 0.05) is 18.0 Å². The van der Waals surface area contributed by atoms with Crippen LogP contribution in [0.1, 0.15) is 22.7 Å². The van der Waals surface area contributed by atoms with Crippen molar-refractivity contribution in [3.63, 3.8) is 0 Å². The van der Waals surface area contributed by atoms with E-state index in [2.05, 4.69) is 10.3 Å². The van der Waals surface area contributed by atoms with E-state index in [0.29, 0.717) is 36.1 Å². The number of nitrogens with one attached hydrogen (secondary N) is 1. The Morgan fingerprint density at radius 3 is 2.52 bits per heavy atom. The molecule has 1 aliphatic heterocycles. The second-order valence-corrected chi connectivity index (χ2v) is 6.45. The molecule has 1 N–H and O–H groups in total. The van der Waals surface area contributed by atoms with Gasteiger partial charge in [0.05, 0.1) is 5.69 Å². The van der Waals surface area contributed by atoms with Gasteiger partial charge in [0.2, 0.25) is 5.91 Å². The van der Waals surface area contributed by atoms with Gasteiger partial charge < -0.3 is 14.8 Å². The molecule has 0 radical (unpaired) electrons. The second kappa shape index (κ2) is 7.50. The quantitative estimate of drug-likeness (QED) is 0.766. The van der Waals surface area contributed by atoms with Gasteiger partial charge in [0.15, 0.2) is 11.5 Å².